The lowest BCUT2D eigenvalue weighted by atomic mass is 9.98. The SMILES string of the molecule is Cc1cccc(C(C)NC(=O)N(CC(C)O)C(C)C)c1C. The summed E-state index contributed by atoms with van der Waals surface area (Å²) in [6.07, 6.45) is -0.533. The highest BCUT2D eigenvalue weighted by molar-refractivity contribution is 5.75. The molecule has 0 heterocycles. The Bertz CT molecular complexity index is 484. The van der Waals surface area contributed by atoms with E-state index >= 15 is 0 Å². The molecule has 118 valence electrons. The van der Waals surface area contributed by atoms with Crippen LogP contribution in [0.15, 0.2) is 18.2 Å². The molecule has 0 aromatic heterocycles. The van der Waals surface area contributed by atoms with Crippen molar-refractivity contribution in [3.05, 3.63) is 34.9 Å². The minimum absolute atomic E-state index is 0.0467. The molecule has 0 aliphatic rings. The Kier molecular flexibility index (Phi) is 6.21. The average Bonchev–Trinajstić information content (AvgIpc) is 2.38. The smallest absolute Gasteiger partial charge is 0.318 e. The number of rotatable bonds is 5. The predicted octanol–water partition coefficient (Wildman–Crippen LogP) is 3.17. The Morgan fingerprint density at radius 2 is 1.86 bits per heavy atom. The molecule has 0 saturated heterocycles. The third-order valence-electron chi connectivity index (χ3n) is 3.80. The first-order valence-electron chi connectivity index (χ1n) is 7.55. The first kappa shape index (κ1) is 17.5. The van der Waals surface area contributed by atoms with Crippen molar-refractivity contribution in [2.75, 3.05) is 6.54 Å². The molecular weight excluding hydrogens is 264 g/mol. The number of benzene rings is 1. The number of carbonyl (C=O) groups excluding carboxylic acids is 1. The molecule has 2 amide bonds. The van der Waals surface area contributed by atoms with E-state index in [0.717, 1.165) is 5.56 Å². The number of amides is 2. The monoisotopic (exact) mass is 292 g/mol. The van der Waals surface area contributed by atoms with Gasteiger partial charge in [0.05, 0.1) is 12.1 Å². The molecule has 1 aromatic carbocycles. The highest BCUT2D eigenvalue weighted by Gasteiger charge is 2.21. The van der Waals surface area contributed by atoms with Gasteiger partial charge in [-0.3, -0.25) is 0 Å². The number of nitrogens with zero attached hydrogens (tertiary/aromatic N) is 1. The van der Waals surface area contributed by atoms with Crippen LogP contribution in [0.3, 0.4) is 0 Å². The fraction of sp³-hybridized carbons (Fsp3) is 0.588. The summed E-state index contributed by atoms with van der Waals surface area (Å²) in [4.78, 5) is 14.1. The first-order valence-corrected chi connectivity index (χ1v) is 7.55. The lowest BCUT2D eigenvalue weighted by Gasteiger charge is -2.30. The summed E-state index contributed by atoms with van der Waals surface area (Å²) in [6, 6.07) is 5.97. The third kappa shape index (κ3) is 4.74. The summed E-state index contributed by atoms with van der Waals surface area (Å²) in [5.41, 5.74) is 3.55. The summed E-state index contributed by atoms with van der Waals surface area (Å²) in [6.45, 7) is 12.1. The minimum atomic E-state index is -0.533. The molecule has 0 saturated carbocycles. The summed E-state index contributed by atoms with van der Waals surface area (Å²) in [5.74, 6) is 0. The molecule has 0 aliphatic heterocycles. The second-order valence-corrected chi connectivity index (χ2v) is 6.06. The summed E-state index contributed by atoms with van der Waals surface area (Å²) < 4.78 is 0. The largest absolute Gasteiger partial charge is 0.392 e. The quantitative estimate of drug-likeness (QED) is 0.876. The van der Waals surface area contributed by atoms with Crippen molar-refractivity contribution >= 4 is 6.03 Å². The summed E-state index contributed by atoms with van der Waals surface area (Å²) in [7, 11) is 0. The fourth-order valence-corrected chi connectivity index (χ4v) is 2.40. The maximum Gasteiger partial charge on any atom is 0.318 e. The normalized spacial score (nSPS) is 13.9. The minimum Gasteiger partial charge on any atom is -0.392 e. The molecule has 0 aliphatic carbocycles. The number of aliphatic hydroxyl groups excluding tert-OH is 1. The van der Waals surface area contributed by atoms with E-state index in [4.69, 9.17) is 0 Å². The zero-order valence-corrected chi connectivity index (χ0v) is 14.0. The van der Waals surface area contributed by atoms with Crippen molar-refractivity contribution in [2.24, 2.45) is 0 Å². The number of aryl methyl sites for hydroxylation is 1. The van der Waals surface area contributed by atoms with Crippen molar-refractivity contribution < 1.29 is 9.90 Å². The van der Waals surface area contributed by atoms with E-state index in [0.29, 0.717) is 6.54 Å². The average molecular weight is 292 g/mol. The molecule has 0 radical (unpaired) electrons. The van der Waals surface area contributed by atoms with Crippen LogP contribution < -0.4 is 5.32 Å². The van der Waals surface area contributed by atoms with Crippen LogP contribution in [0.25, 0.3) is 0 Å². The van der Waals surface area contributed by atoms with Crippen LogP contribution in [0, 0.1) is 13.8 Å². The van der Waals surface area contributed by atoms with E-state index in [-0.39, 0.29) is 18.1 Å². The van der Waals surface area contributed by atoms with Crippen molar-refractivity contribution in [2.45, 2.75) is 59.7 Å². The van der Waals surface area contributed by atoms with Crippen LogP contribution in [0.4, 0.5) is 4.79 Å². The van der Waals surface area contributed by atoms with Gasteiger partial charge in [-0.25, -0.2) is 4.79 Å². The summed E-state index contributed by atoms with van der Waals surface area (Å²) in [5, 5.41) is 12.6. The summed E-state index contributed by atoms with van der Waals surface area (Å²) >= 11 is 0. The number of nitrogens with one attached hydrogen (secondary N) is 1. The van der Waals surface area contributed by atoms with Crippen molar-refractivity contribution in [3.8, 4) is 0 Å². The van der Waals surface area contributed by atoms with Gasteiger partial charge in [0.2, 0.25) is 0 Å². The lowest BCUT2D eigenvalue weighted by Crippen LogP contribution is -2.47. The standard InChI is InChI=1S/C17H28N2O2/c1-11(2)19(10-13(4)20)17(21)18-15(6)16-9-7-8-12(3)14(16)5/h7-9,11,13,15,20H,10H2,1-6H3,(H,18,21). The number of carbonyl (C=O) groups is 1. The Morgan fingerprint density at radius 1 is 1.24 bits per heavy atom. The van der Waals surface area contributed by atoms with E-state index in [2.05, 4.69) is 25.2 Å². The van der Waals surface area contributed by atoms with Crippen LogP contribution in [-0.2, 0) is 0 Å². The molecule has 2 atom stereocenters. The van der Waals surface area contributed by atoms with Gasteiger partial charge in [-0.2, -0.15) is 0 Å². The number of hydrogen-bond donors (Lipinski definition) is 2. The molecule has 4 nitrogen and oxygen atoms in total. The Hall–Kier alpha value is -1.55. The second-order valence-electron chi connectivity index (χ2n) is 6.06. The van der Waals surface area contributed by atoms with Crippen LogP contribution in [0.5, 0.6) is 0 Å². The Morgan fingerprint density at radius 3 is 2.38 bits per heavy atom. The van der Waals surface area contributed by atoms with E-state index in [1.54, 1.807) is 11.8 Å². The van der Waals surface area contributed by atoms with Gasteiger partial charge in [0.25, 0.3) is 0 Å². The van der Waals surface area contributed by atoms with E-state index in [9.17, 15) is 9.90 Å². The van der Waals surface area contributed by atoms with E-state index < -0.39 is 6.10 Å². The maximum absolute atomic E-state index is 12.4. The van der Waals surface area contributed by atoms with Crippen molar-refractivity contribution in [1.29, 1.82) is 0 Å². The molecule has 0 spiro atoms. The van der Waals surface area contributed by atoms with Crippen LogP contribution in [0.2, 0.25) is 0 Å². The van der Waals surface area contributed by atoms with E-state index in [1.165, 1.54) is 11.1 Å². The molecule has 1 aromatic rings. The number of urea groups is 1. The first-order chi connectivity index (χ1) is 9.73. The van der Waals surface area contributed by atoms with Gasteiger partial charge in [-0.1, -0.05) is 18.2 Å². The van der Waals surface area contributed by atoms with Crippen molar-refractivity contribution in [3.63, 3.8) is 0 Å². The number of hydrogen-bond acceptors (Lipinski definition) is 2. The lowest BCUT2D eigenvalue weighted by molar-refractivity contribution is 0.117. The molecule has 2 N–H and O–H groups in total. The molecule has 21 heavy (non-hydrogen) atoms. The van der Waals surface area contributed by atoms with E-state index in [1.807, 2.05) is 32.9 Å². The third-order valence-corrected chi connectivity index (χ3v) is 3.80. The zero-order chi connectivity index (χ0) is 16.2. The Labute approximate surface area is 128 Å². The predicted molar refractivity (Wildman–Crippen MR) is 86.4 cm³/mol. The second kappa shape index (κ2) is 7.46. The highest BCUT2D eigenvalue weighted by atomic mass is 16.3. The molecule has 4 heteroatoms. The Balaban J connectivity index is 2.83. The van der Waals surface area contributed by atoms with Gasteiger partial charge < -0.3 is 15.3 Å². The molecule has 2 unspecified atom stereocenters. The van der Waals surface area contributed by atoms with Gasteiger partial charge >= 0.3 is 6.03 Å². The van der Waals surface area contributed by atoms with Crippen LogP contribution in [0.1, 0.15) is 50.4 Å². The molecule has 0 bridgehead atoms. The zero-order valence-electron chi connectivity index (χ0n) is 14.0. The molecule has 0 fully saturated rings. The van der Waals surface area contributed by atoms with Crippen LogP contribution >= 0.6 is 0 Å². The molecule has 1 rings (SSSR count). The van der Waals surface area contributed by atoms with Gasteiger partial charge in [-0.15, -0.1) is 0 Å². The highest BCUT2D eigenvalue weighted by Crippen LogP contribution is 2.20. The van der Waals surface area contributed by atoms with Gasteiger partial charge in [0, 0.05) is 12.6 Å². The van der Waals surface area contributed by atoms with Gasteiger partial charge in [-0.05, 0) is 58.2 Å². The van der Waals surface area contributed by atoms with Gasteiger partial charge in [0.1, 0.15) is 0 Å². The van der Waals surface area contributed by atoms with Crippen LogP contribution in [-0.4, -0.2) is 34.7 Å². The number of aliphatic hydroxyl groups is 1. The molecular formula is C17H28N2O2. The van der Waals surface area contributed by atoms with Crippen molar-refractivity contribution in [1.82, 2.24) is 10.2 Å². The fourth-order valence-electron chi connectivity index (χ4n) is 2.40. The van der Waals surface area contributed by atoms with Gasteiger partial charge in [0.15, 0.2) is 0 Å². The topological polar surface area (TPSA) is 52.6 Å². The maximum atomic E-state index is 12.4.